The molecule has 0 radical (unpaired) electrons. The number of carbonyl (C=O) groups excluding carboxylic acids is 1. The van der Waals surface area contributed by atoms with Gasteiger partial charge in [0, 0.05) is 31.1 Å². The Morgan fingerprint density at radius 1 is 1.25 bits per heavy atom. The molecule has 1 saturated heterocycles. The minimum absolute atomic E-state index is 0.0226. The van der Waals surface area contributed by atoms with Crippen LogP contribution in [0.2, 0.25) is 5.02 Å². The SMILES string of the molecule is C[C@H](Cc1ncnc2nc[nH]c12)c1cc2cccc(Cl)c2c(OCC(=O)N2CCCC2)n1. The molecule has 1 aliphatic rings. The van der Waals surface area contributed by atoms with Gasteiger partial charge in [-0.25, -0.2) is 19.9 Å². The van der Waals surface area contributed by atoms with Crippen molar-refractivity contribution < 1.29 is 9.53 Å². The molecular weight excluding hydrogens is 428 g/mol. The predicted octanol–water partition coefficient (Wildman–Crippen LogP) is 3.90. The van der Waals surface area contributed by atoms with Crippen LogP contribution in [-0.4, -0.2) is 55.4 Å². The van der Waals surface area contributed by atoms with Crippen molar-refractivity contribution in [2.75, 3.05) is 19.7 Å². The Morgan fingerprint density at radius 2 is 2.09 bits per heavy atom. The van der Waals surface area contributed by atoms with Crippen molar-refractivity contribution in [1.29, 1.82) is 0 Å². The molecule has 1 aliphatic heterocycles. The Labute approximate surface area is 190 Å². The van der Waals surface area contributed by atoms with Crippen LogP contribution in [0.5, 0.6) is 5.88 Å². The van der Waals surface area contributed by atoms with Crippen LogP contribution in [0.3, 0.4) is 0 Å². The Balaban J connectivity index is 1.45. The number of likely N-dealkylation sites (tertiary alicyclic amines) is 1. The lowest BCUT2D eigenvalue weighted by molar-refractivity contribution is -0.132. The second kappa shape index (κ2) is 8.70. The predicted molar refractivity (Wildman–Crippen MR) is 122 cm³/mol. The van der Waals surface area contributed by atoms with Gasteiger partial charge in [-0.05, 0) is 30.4 Å². The van der Waals surface area contributed by atoms with Crippen molar-refractivity contribution in [2.24, 2.45) is 0 Å². The van der Waals surface area contributed by atoms with E-state index in [-0.39, 0.29) is 18.4 Å². The molecule has 1 aromatic carbocycles. The highest BCUT2D eigenvalue weighted by atomic mass is 35.5. The lowest BCUT2D eigenvalue weighted by atomic mass is 9.98. The number of nitrogens with zero attached hydrogens (tertiary/aromatic N) is 5. The molecule has 4 aromatic rings. The van der Waals surface area contributed by atoms with E-state index in [1.807, 2.05) is 23.1 Å². The summed E-state index contributed by atoms with van der Waals surface area (Å²) in [6.45, 7) is 3.61. The standard InChI is InChI=1S/C23H23ClN6O2/c1-14(9-18-21-22(27-12-25-18)28-13-26-21)17-10-15-5-4-6-16(24)20(15)23(29-17)32-11-19(31)30-7-2-3-8-30/h4-6,10,12-14H,2-3,7-9,11H2,1H3,(H,25,26,27,28)/t14-/m1/s1. The summed E-state index contributed by atoms with van der Waals surface area (Å²) in [6.07, 6.45) is 5.87. The van der Waals surface area contributed by atoms with Crippen LogP contribution in [0.15, 0.2) is 36.9 Å². The quantitative estimate of drug-likeness (QED) is 0.478. The third-order valence-corrected chi connectivity index (χ3v) is 6.21. The minimum atomic E-state index is -0.0498. The fourth-order valence-electron chi connectivity index (χ4n) is 4.16. The monoisotopic (exact) mass is 450 g/mol. The van der Waals surface area contributed by atoms with Gasteiger partial charge in [0.1, 0.15) is 11.8 Å². The van der Waals surface area contributed by atoms with E-state index in [2.05, 4.69) is 26.9 Å². The average Bonchev–Trinajstić information content (AvgIpc) is 3.50. The number of rotatable bonds is 6. The first kappa shape index (κ1) is 20.6. The molecule has 1 fully saturated rings. The van der Waals surface area contributed by atoms with Crippen molar-refractivity contribution in [1.82, 2.24) is 29.8 Å². The summed E-state index contributed by atoms with van der Waals surface area (Å²) < 4.78 is 5.94. The van der Waals surface area contributed by atoms with E-state index in [1.165, 1.54) is 6.33 Å². The molecule has 32 heavy (non-hydrogen) atoms. The normalized spacial score (nSPS) is 14.9. The fraction of sp³-hybridized carbons (Fsp3) is 0.348. The first-order valence-electron chi connectivity index (χ1n) is 10.7. The Morgan fingerprint density at radius 3 is 2.94 bits per heavy atom. The summed E-state index contributed by atoms with van der Waals surface area (Å²) in [7, 11) is 0. The number of fused-ring (bicyclic) bond motifs is 2. The number of benzene rings is 1. The van der Waals surface area contributed by atoms with E-state index in [0.29, 0.717) is 23.0 Å². The molecule has 8 nitrogen and oxygen atoms in total. The number of aromatic nitrogens is 5. The molecule has 1 atom stereocenters. The average molecular weight is 451 g/mol. The third kappa shape index (κ3) is 3.98. The summed E-state index contributed by atoms with van der Waals surface area (Å²) >= 11 is 6.48. The van der Waals surface area contributed by atoms with Crippen molar-refractivity contribution in [3.8, 4) is 5.88 Å². The number of nitrogens with one attached hydrogen (secondary N) is 1. The molecule has 3 aromatic heterocycles. The summed E-state index contributed by atoms with van der Waals surface area (Å²) in [5.41, 5.74) is 3.19. The number of ether oxygens (including phenoxy) is 1. The zero-order valence-corrected chi connectivity index (χ0v) is 18.5. The van der Waals surface area contributed by atoms with Crippen LogP contribution in [0.1, 0.15) is 37.1 Å². The van der Waals surface area contributed by atoms with Crippen LogP contribution in [0.4, 0.5) is 0 Å². The van der Waals surface area contributed by atoms with Gasteiger partial charge in [-0.15, -0.1) is 0 Å². The lowest BCUT2D eigenvalue weighted by Crippen LogP contribution is -2.32. The van der Waals surface area contributed by atoms with Crippen LogP contribution >= 0.6 is 11.6 Å². The number of H-pyrrole nitrogens is 1. The summed E-state index contributed by atoms with van der Waals surface area (Å²) in [5, 5.41) is 2.19. The first-order chi connectivity index (χ1) is 15.6. The molecular formula is C23H23ClN6O2. The van der Waals surface area contributed by atoms with Gasteiger partial charge < -0.3 is 14.6 Å². The van der Waals surface area contributed by atoms with Gasteiger partial charge in [0.2, 0.25) is 5.88 Å². The maximum absolute atomic E-state index is 12.5. The summed E-state index contributed by atoms with van der Waals surface area (Å²) in [5.74, 6) is 0.402. The molecule has 0 saturated carbocycles. The zero-order valence-electron chi connectivity index (χ0n) is 17.7. The fourth-order valence-corrected chi connectivity index (χ4v) is 4.42. The van der Waals surface area contributed by atoms with Crippen molar-refractivity contribution >= 4 is 39.4 Å². The highest BCUT2D eigenvalue weighted by molar-refractivity contribution is 6.36. The molecule has 0 spiro atoms. The van der Waals surface area contributed by atoms with Gasteiger partial charge in [-0.2, -0.15) is 0 Å². The van der Waals surface area contributed by atoms with Gasteiger partial charge in [0.05, 0.1) is 22.4 Å². The van der Waals surface area contributed by atoms with Crippen LogP contribution < -0.4 is 4.74 Å². The highest BCUT2D eigenvalue weighted by Gasteiger charge is 2.21. The smallest absolute Gasteiger partial charge is 0.260 e. The van der Waals surface area contributed by atoms with E-state index in [9.17, 15) is 4.79 Å². The molecule has 1 N–H and O–H groups in total. The molecule has 164 valence electrons. The largest absolute Gasteiger partial charge is 0.467 e. The number of imidazole rings is 1. The number of hydrogen-bond acceptors (Lipinski definition) is 6. The molecule has 5 rings (SSSR count). The second-order valence-corrected chi connectivity index (χ2v) is 8.50. The molecule has 9 heteroatoms. The van der Waals surface area contributed by atoms with E-state index in [0.717, 1.165) is 53.6 Å². The molecule has 4 heterocycles. The van der Waals surface area contributed by atoms with Gasteiger partial charge in [-0.1, -0.05) is 30.7 Å². The molecule has 0 aliphatic carbocycles. The van der Waals surface area contributed by atoms with Crippen LogP contribution in [0.25, 0.3) is 21.9 Å². The maximum Gasteiger partial charge on any atom is 0.260 e. The number of carbonyl (C=O) groups is 1. The molecule has 0 bridgehead atoms. The number of pyridine rings is 1. The van der Waals surface area contributed by atoms with E-state index in [4.69, 9.17) is 21.3 Å². The van der Waals surface area contributed by atoms with Gasteiger partial charge in [0.15, 0.2) is 12.3 Å². The summed E-state index contributed by atoms with van der Waals surface area (Å²) in [4.78, 5) is 35.1. The number of aromatic amines is 1. The van der Waals surface area contributed by atoms with Gasteiger partial charge >= 0.3 is 0 Å². The first-order valence-corrected chi connectivity index (χ1v) is 11.1. The minimum Gasteiger partial charge on any atom is -0.467 e. The maximum atomic E-state index is 12.5. The van der Waals surface area contributed by atoms with E-state index in [1.54, 1.807) is 12.4 Å². The van der Waals surface area contributed by atoms with Crippen LogP contribution in [-0.2, 0) is 11.2 Å². The number of halogens is 1. The number of amides is 1. The zero-order chi connectivity index (χ0) is 22.1. The Bertz CT molecular complexity index is 1280. The third-order valence-electron chi connectivity index (χ3n) is 5.89. The molecule has 0 unspecified atom stereocenters. The van der Waals surface area contributed by atoms with E-state index < -0.39 is 0 Å². The summed E-state index contributed by atoms with van der Waals surface area (Å²) in [6, 6.07) is 7.70. The van der Waals surface area contributed by atoms with Gasteiger partial charge in [-0.3, -0.25) is 4.79 Å². The Hall–Kier alpha value is -3.26. The van der Waals surface area contributed by atoms with Crippen molar-refractivity contribution in [3.63, 3.8) is 0 Å². The van der Waals surface area contributed by atoms with Crippen molar-refractivity contribution in [3.05, 3.63) is 53.3 Å². The Kier molecular flexibility index (Phi) is 5.61. The second-order valence-electron chi connectivity index (χ2n) is 8.09. The lowest BCUT2D eigenvalue weighted by Gasteiger charge is -2.18. The highest BCUT2D eigenvalue weighted by Crippen LogP contribution is 2.34. The number of hydrogen-bond donors (Lipinski definition) is 1. The molecule has 1 amide bonds. The van der Waals surface area contributed by atoms with E-state index >= 15 is 0 Å². The van der Waals surface area contributed by atoms with Crippen LogP contribution in [0, 0.1) is 0 Å². The van der Waals surface area contributed by atoms with Gasteiger partial charge in [0.25, 0.3) is 5.91 Å². The topological polar surface area (TPSA) is 96.9 Å². The van der Waals surface area contributed by atoms with Crippen molar-refractivity contribution in [2.45, 2.75) is 32.1 Å².